The summed E-state index contributed by atoms with van der Waals surface area (Å²) < 4.78 is 0. The Bertz CT molecular complexity index is 597. The first-order valence-corrected chi connectivity index (χ1v) is 7.90. The minimum Gasteiger partial charge on any atom is -0.384 e. The number of carbonyl (C=O) groups excluding carboxylic acids is 2. The second-order valence-corrected chi connectivity index (χ2v) is 6.70. The molecule has 1 aromatic carbocycles. The zero-order valence-electron chi connectivity index (χ0n) is 12.2. The van der Waals surface area contributed by atoms with E-state index < -0.39 is 0 Å². The van der Waals surface area contributed by atoms with Gasteiger partial charge in [-0.2, -0.15) is 0 Å². The van der Waals surface area contributed by atoms with Crippen LogP contribution >= 0.6 is 0 Å². The van der Waals surface area contributed by atoms with Crippen molar-refractivity contribution in [2.75, 3.05) is 16.8 Å². The monoisotopic (exact) mass is 284 g/mol. The molecule has 0 bridgehead atoms. The smallest absolute Gasteiger partial charge is 0.234 e. The molecule has 0 radical (unpaired) electrons. The highest BCUT2D eigenvalue weighted by Crippen LogP contribution is 2.47. The van der Waals surface area contributed by atoms with Gasteiger partial charge in [-0.25, -0.2) is 0 Å². The number of benzene rings is 1. The number of nitrogens with one attached hydrogen (secondary N) is 1. The number of piperidine rings is 1. The molecule has 2 aliphatic heterocycles. The van der Waals surface area contributed by atoms with E-state index in [1.807, 2.05) is 18.2 Å². The summed E-state index contributed by atoms with van der Waals surface area (Å²) in [5.74, 6) is -0.0295. The molecule has 21 heavy (non-hydrogen) atoms. The SMILES string of the molecule is O=C1CC2(CCCC2)CC(=O)N1c1ccc2c(c1)CCN2. The van der Waals surface area contributed by atoms with Crippen molar-refractivity contribution in [3.05, 3.63) is 23.8 Å². The Morgan fingerprint density at radius 1 is 1.05 bits per heavy atom. The molecule has 4 nitrogen and oxygen atoms in total. The van der Waals surface area contributed by atoms with Crippen molar-refractivity contribution in [1.29, 1.82) is 0 Å². The van der Waals surface area contributed by atoms with Gasteiger partial charge in [-0.15, -0.1) is 0 Å². The Morgan fingerprint density at radius 3 is 2.48 bits per heavy atom. The van der Waals surface area contributed by atoms with Crippen LogP contribution < -0.4 is 10.2 Å². The number of amides is 2. The fourth-order valence-electron chi connectivity index (χ4n) is 4.20. The van der Waals surface area contributed by atoms with E-state index in [1.165, 1.54) is 10.5 Å². The Labute approximate surface area is 124 Å². The lowest BCUT2D eigenvalue weighted by Crippen LogP contribution is -2.47. The van der Waals surface area contributed by atoms with Crippen LogP contribution in [0.25, 0.3) is 0 Å². The van der Waals surface area contributed by atoms with Crippen molar-refractivity contribution in [2.45, 2.75) is 44.9 Å². The minimum absolute atomic E-state index is 0.0148. The van der Waals surface area contributed by atoms with Crippen molar-refractivity contribution in [3.8, 4) is 0 Å². The van der Waals surface area contributed by atoms with E-state index in [4.69, 9.17) is 0 Å². The van der Waals surface area contributed by atoms with Gasteiger partial charge in [0.25, 0.3) is 0 Å². The van der Waals surface area contributed by atoms with Gasteiger partial charge in [-0.1, -0.05) is 12.8 Å². The second kappa shape index (κ2) is 4.58. The molecule has 1 aliphatic carbocycles. The standard InChI is InChI=1S/C17H20N2O2/c20-15-10-17(6-1-2-7-17)11-16(21)19(15)13-3-4-14-12(9-13)5-8-18-14/h3-4,9,18H,1-2,5-8,10-11H2. The van der Waals surface area contributed by atoms with E-state index in [2.05, 4.69) is 5.32 Å². The van der Waals surface area contributed by atoms with Gasteiger partial charge in [-0.05, 0) is 48.4 Å². The number of fused-ring (bicyclic) bond motifs is 1. The largest absolute Gasteiger partial charge is 0.384 e. The lowest BCUT2D eigenvalue weighted by molar-refractivity contribution is -0.133. The normalized spacial score (nSPS) is 23.5. The highest BCUT2D eigenvalue weighted by Gasteiger charge is 2.45. The first-order chi connectivity index (χ1) is 10.2. The predicted octanol–water partition coefficient (Wildman–Crippen LogP) is 2.87. The van der Waals surface area contributed by atoms with Gasteiger partial charge in [0.05, 0.1) is 5.69 Å². The van der Waals surface area contributed by atoms with Gasteiger partial charge in [0.15, 0.2) is 0 Å². The Kier molecular flexibility index (Phi) is 2.81. The lowest BCUT2D eigenvalue weighted by atomic mass is 9.76. The summed E-state index contributed by atoms with van der Waals surface area (Å²) in [4.78, 5) is 26.5. The van der Waals surface area contributed by atoms with E-state index in [1.54, 1.807) is 0 Å². The third-order valence-corrected chi connectivity index (χ3v) is 5.27. The van der Waals surface area contributed by atoms with Crippen LogP contribution in [0.15, 0.2) is 18.2 Å². The number of nitrogens with zero attached hydrogens (tertiary/aromatic N) is 1. The molecular formula is C17H20N2O2. The number of rotatable bonds is 1. The van der Waals surface area contributed by atoms with Gasteiger partial charge in [-0.3, -0.25) is 14.5 Å². The molecule has 2 fully saturated rings. The summed E-state index contributed by atoms with van der Waals surface area (Å²) in [6.07, 6.45) is 6.42. The molecule has 3 aliphatic rings. The van der Waals surface area contributed by atoms with Crippen LogP contribution in [0.2, 0.25) is 0 Å². The van der Waals surface area contributed by atoms with Crippen LogP contribution in [0.5, 0.6) is 0 Å². The van der Waals surface area contributed by atoms with Crippen LogP contribution in [0.3, 0.4) is 0 Å². The predicted molar refractivity (Wildman–Crippen MR) is 81.3 cm³/mol. The molecule has 1 spiro atoms. The molecule has 1 saturated carbocycles. The zero-order valence-corrected chi connectivity index (χ0v) is 12.2. The average Bonchev–Trinajstić information content (AvgIpc) is 3.06. The van der Waals surface area contributed by atoms with Crippen LogP contribution in [-0.4, -0.2) is 18.4 Å². The molecule has 4 heteroatoms. The summed E-state index contributed by atoms with van der Waals surface area (Å²) in [5, 5.41) is 3.30. The molecule has 110 valence electrons. The molecule has 2 amide bonds. The van der Waals surface area contributed by atoms with Crippen molar-refractivity contribution in [1.82, 2.24) is 0 Å². The van der Waals surface area contributed by atoms with Crippen molar-refractivity contribution in [2.24, 2.45) is 5.41 Å². The lowest BCUT2D eigenvalue weighted by Gasteiger charge is -2.37. The first-order valence-electron chi connectivity index (χ1n) is 7.90. The molecule has 1 saturated heterocycles. The minimum atomic E-state index is -0.0249. The first kappa shape index (κ1) is 12.9. The summed E-state index contributed by atoms with van der Waals surface area (Å²) in [7, 11) is 0. The topological polar surface area (TPSA) is 49.4 Å². The van der Waals surface area contributed by atoms with Crippen molar-refractivity contribution in [3.63, 3.8) is 0 Å². The van der Waals surface area contributed by atoms with Crippen molar-refractivity contribution < 1.29 is 9.59 Å². The van der Waals surface area contributed by atoms with Crippen LogP contribution in [0.4, 0.5) is 11.4 Å². The quantitative estimate of drug-likeness (QED) is 0.807. The number of hydrogen-bond donors (Lipinski definition) is 1. The van der Waals surface area contributed by atoms with E-state index in [0.29, 0.717) is 12.8 Å². The maximum Gasteiger partial charge on any atom is 0.234 e. The molecule has 2 heterocycles. The van der Waals surface area contributed by atoms with Gasteiger partial charge in [0.2, 0.25) is 11.8 Å². The maximum absolute atomic E-state index is 12.6. The second-order valence-electron chi connectivity index (χ2n) is 6.70. The molecule has 1 N–H and O–H groups in total. The Balaban J connectivity index is 1.63. The zero-order chi connectivity index (χ0) is 14.4. The summed E-state index contributed by atoms with van der Waals surface area (Å²) >= 11 is 0. The van der Waals surface area contributed by atoms with E-state index in [9.17, 15) is 9.59 Å². The van der Waals surface area contributed by atoms with E-state index >= 15 is 0 Å². The van der Waals surface area contributed by atoms with Crippen LogP contribution in [0.1, 0.15) is 44.1 Å². The average molecular weight is 284 g/mol. The van der Waals surface area contributed by atoms with E-state index in [0.717, 1.165) is 50.0 Å². The number of hydrogen-bond acceptors (Lipinski definition) is 3. The summed E-state index contributed by atoms with van der Waals surface area (Å²) in [6, 6.07) is 5.87. The molecule has 1 aromatic rings. The Hall–Kier alpha value is -1.84. The van der Waals surface area contributed by atoms with Gasteiger partial charge in [0.1, 0.15) is 0 Å². The van der Waals surface area contributed by atoms with Gasteiger partial charge < -0.3 is 5.32 Å². The van der Waals surface area contributed by atoms with Crippen LogP contribution in [-0.2, 0) is 16.0 Å². The molecule has 4 rings (SSSR count). The molecule has 0 atom stereocenters. The Morgan fingerprint density at radius 2 is 1.76 bits per heavy atom. The summed E-state index contributed by atoms with van der Waals surface area (Å²) in [6.45, 7) is 0.934. The third-order valence-electron chi connectivity index (χ3n) is 5.27. The molecular weight excluding hydrogens is 264 g/mol. The summed E-state index contributed by atoms with van der Waals surface area (Å²) in [5.41, 5.74) is 3.06. The van der Waals surface area contributed by atoms with Crippen molar-refractivity contribution >= 4 is 23.2 Å². The number of anilines is 2. The molecule has 0 aromatic heterocycles. The number of imide groups is 1. The fourth-order valence-corrected chi connectivity index (χ4v) is 4.20. The highest BCUT2D eigenvalue weighted by atomic mass is 16.2. The van der Waals surface area contributed by atoms with E-state index in [-0.39, 0.29) is 17.2 Å². The third kappa shape index (κ3) is 2.04. The fraction of sp³-hybridized carbons (Fsp3) is 0.529. The van der Waals surface area contributed by atoms with Gasteiger partial charge >= 0.3 is 0 Å². The van der Waals surface area contributed by atoms with Gasteiger partial charge in [0, 0.05) is 25.1 Å². The highest BCUT2D eigenvalue weighted by molar-refractivity contribution is 6.17. The number of carbonyl (C=O) groups is 2. The maximum atomic E-state index is 12.6. The molecule has 0 unspecified atom stereocenters. The van der Waals surface area contributed by atoms with Crippen LogP contribution in [0, 0.1) is 5.41 Å².